The van der Waals surface area contributed by atoms with Crippen LogP contribution in [-0.4, -0.2) is 30.0 Å². The lowest BCUT2D eigenvalue weighted by Gasteiger charge is -2.12. The smallest absolute Gasteiger partial charge is 0.234 e. The summed E-state index contributed by atoms with van der Waals surface area (Å²) < 4.78 is 0. The van der Waals surface area contributed by atoms with Gasteiger partial charge in [-0.2, -0.15) is 11.8 Å². The molecule has 0 saturated carbocycles. The summed E-state index contributed by atoms with van der Waals surface area (Å²) in [4.78, 5) is 10.6. The summed E-state index contributed by atoms with van der Waals surface area (Å²) in [7, 11) is 0. The van der Waals surface area contributed by atoms with Crippen molar-refractivity contribution in [1.82, 2.24) is 5.32 Å². The number of thioether (sulfide) groups is 1. The Hall–Kier alpha value is -0.220. The highest BCUT2D eigenvalue weighted by Gasteiger charge is 2.07. The molecule has 0 bridgehead atoms. The fourth-order valence-corrected chi connectivity index (χ4v) is 1.08. The van der Waals surface area contributed by atoms with Crippen molar-refractivity contribution in [3.63, 3.8) is 0 Å². The van der Waals surface area contributed by atoms with E-state index >= 15 is 0 Å². The molecule has 72 valence electrons. The Morgan fingerprint density at radius 2 is 2.17 bits per heavy atom. The highest BCUT2D eigenvalue weighted by atomic mass is 32.2. The SMILES string of the molecule is CSC(C)CCNC(C)C(N)=O. The van der Waals surface area contributed by atoms with Crippen molar-refractivity contribution in [2.24, 2.45) is 5.73 Å². The second kappa shape index (κ2) is 6.31. The summed E-state index contributed by atoms with van der Waals surface area (Å²) in [5.41, 5.74) is 5.08. The van der Waals surface area contributed by atoms with E-state index < -0.39 is 0 Å². The first-order chi connectivity index (χ1) is 5.57. The molecule has 4 heteroatoms. The molecule has 2 unspecified atom stereocenters. The maximum absolute atomic E-state index is 10.6. The van der Waals surface area contributed by atoms with E-state index in [4.69, 9.17) is 5.73 Å². The fourth-order valence-electron chi connectivity index (χ4n) is 0.722. The van der Waals surface area contributed by atoms with Gasteiger partial charge in [-0.05, 0) is 26.1 Å². The lowest BCUT2D eigenvalue weighted by atomic mass is 10.3. The zero-order valence-corrected chi connectivity index (χ0v) is 8.78. The van der Waals surface area contributed by atoms with Crippen LogP contribution < -0.4 is 11.1 Å². The molecule has 0 fully saturated rings. The molecular weight excluding hydrogens is 172 g/mol. The van der Waals surface area contributed by atoms with Gasteiger partial charge in [0.15, 0.2) is 0 Å². The van der Waals surface area contributed by atoms with Gasteiger partial charge in [-0.15, -0.1) is 0 Å². The number of rotatable bonds is 6. The monoisotopic (exact) mass is 190 g/mol. The first-order valence-electron chi connectivity index (χ1n) is 4.13. The number of nitrogens with one attached hydrogen (secondary N) is 1. The third-order valence-corrected chi connectivity index (χ3v) is 2.87. The molecule has 12 heavy (non-hydrogen) atoms. The molecule has 0 heterocycles. The van der Waals surface area contributed by atoms with Crippen LogP contribution in [0, 0.1) is 0 Å². The number of hydrogen-bond acceptors (Lipinski definition) is 3. The van der Waals surface area contributed by atoms with Crippen LogP contribution in [0.5, 0.6) is 0 Å². The summed E-state index contributed by atoms with van der Waals surface area (Å²) >= 11 is 1.83. The van der Waals surface area contributed by atoms with Crippen LogP contribution in [0.3, 0.4) is 0 Å². The van der Waals surface area contributed by atoms with Crippen molar-refractivity contribution in [3.05, 3.63) is 0 Å². The Bertz CT molecular complexity index is 141. The Balaban J connectivity index is 3.37. The molecule has 0 aromatic heterocycles. The molecule has 1 amide bonds. The highest BCUT2D eigenvalue weighted by Crippen LogP contribution is 2.07. The van der Waals surface area contributed by atoms with Gasteiger partial charge in [0.25, 0.3) is 0 Å². The fraction of sp³-hybridized carbons (Fsp3) is 0.875. The molecule has 0 aromatic rings. The Labute approximate surface area is 78.5 Å². The zero-order chi connectivity index (χ0) is 9.56. The molecule has 0 aliphatic rings. The molecule has 2 atom stereocenters. The number of carbonyl (C=O) groups excluding carboxylic acids is 1. The average molecular weight is 190 g/mol. The summed E-state index contributed by atoms with van der Waals surface area (Å²) in [6, 6.07) is -0.209. The summed E-state index contributed by atoms with van der Waals surface area (Å²) in [5.74, 6) is -0.285. The molecule has 0 rings (SSSR count). The van der Waals surface area contributed by atoms with Gasteiger partial charge in [-0.3, -0.25) is 4.79 Å². The van der Waals surface area contributed by atoms with Crippen LogP contribution in [0.25, 0.3) is 0 Å². The summed E-state index contributed by atoms with van der Waals surface area (Å²) in [5, 5.41) is 3.70. The van der Waals surface area contributed by atoms with Crippen LogP contribution in [-0.2, 0) is 4.79 Å². The molecule has 0 aliphatic carbocycles. The Morgan fingerprint density at radius 1 is 1.58 bits per heavy atom. The van der Waals surface area contributed by atoms with Gasteiger partial charge in [0.2, 0.25) is 5.91 Å². The molecule has 0 aliphatic heterocycles. The standard InChI is InChI=1S/C8H18N2OS/c1-6(12-3)4-5-10-7(2)8(9)11/h6-7,10H,4-5H2,1-3H3,(H2,9,11). The van der Waals surface area contributed by atoms with Crippen molar-refractivity contribution in [2.75, 3.05) is 12.8 Å². The molecule has 3 N–H and O–H groups in total. The molecule has 0 radical (unpaired) electrons. The third kappa shape index (κ3) is 5.43. The van der Waals surface area contributed by atoms with E-state index in [1.165, 1.54) is 0 Å². The van der Waals surface area contributed by atoms with Gasteiger partial charge in [-0.25, -0.2) is 0 Å². The quantitative estimate of drug-likeness (QED) is 0.644. The van der Waals surface area contributed by atoms with Crippen molar-refractivity contribution in [2.45, 2.75) is 31.6 Å². The highest BCUT2D eigenvalue weighted by molar-refractivity contribution is 7.99. The van der Waals surface area contributed by atoms with Crippen molar-refractivity contribution < 1.29 is 4.79 Å². The molecule has 0 saturated heterocycles. The minimum absolute atomic E-state index is 0.209. The molecular formula is C8H18N2OS. The maximum Gasteiger partial charge on any atom is 0.234 e. The van der Waals surface area contributed by atoms with E-state index in [2.05, 4.69) is 18.5 Å². The van der Waals surface area contributed by atoms with Crippen molar-refractivity contribution in [3.8, 4) is 0 Å². The predicted octanol–water partition coefficient (Wildman–Crippen LogP) is 0.591. The van der Waals surface area contributed by atoms with E-state index in [0.717, 1.165) is 13.0 Å². The average Bonchev–Trinajstić information content (AvgIpc) is 2.03. The Kier molecular flexibility index (Phi) is 6.20. The number of primary amides is 1. The lowest BCUT2D eigenvalue weighted by molar-refractivity contribution is -0.119. The number of hydrogen-bond donors (Lipinski definition) is 2. The minimum Gasteiger partial charge on any atom is -0.368 e. The van der Waals surface area contributed by atoms with E-state index in [1.54, 1.807) is 6.92 Å². The van der Waals surface area contributed by atoms with Crippen molar-refractivity contribution >= 4 is 17.7 Å². The summed E-state index contributed by atoms with van der Waals surface area (Å²) in [6.45, 7) is 4.81. The second-order valence-corrected chi connectivity index (χ2v) is 4.19. The molecule has 0 aromatic carbocycles. The van der Waals surface area contributed by atoms with Crippen LogP contribution in [0.2, 0.25) is 0 Å². The number of carbonyl (C=O) groups is 1. The van der Waals surface area contributed by atoms with Gasteiger partial charge in [0.05, 0.1) is 6.04 Å². The zero-order valence-electron chi connectivity index (χ0n) is 7.96. The Morgan fingerprint density at radius 3 is 2.58 bits per heavy atom. The molecule has 3 nitrogen and oxygen atoms in total. The first kappa shape index (κ1) is 11.8. The number of amides is 1. The van der Waals surface area contributed by atoms with Crippen LogP contribution in [0.15, 0.2) is 0 Å². The minimum atomic E-state index is -0.285. The van der Waals surface area contributed by atoms with Crippen molar-refractivity contribution in [1.29, 1.82) is 0 Å². The van der Waals surface area contributed by atoms with Gasteiger partial charge < -0.3 is 11.1 Å². The van der Waals surface area contributed by atoms with Crippen LogP contribution >= 0.6 is 11.8 Å². The van der Waals surface area contributed by atoms with Gasteiger partial charge in [0.1, 0.15) is 0 Å². The van der Waals surface area contributed by atoms with E-state index in [9.17, 15) is 4.79 Å². The van der Waals surface area contributed by atoms with Gasteiger partial charge in [-0.1, -0.05) is 6.92 Å². The van der Waals surface area contributed by atoms with E-state index in [-0.39, 0.29) is 11.9 Å². The van der Waals surface area contributed by atoms with Gasteiger partial charge in [0, 0.05) is 5.25 Å². The number of nitrogens with two attached hydrogens (primary N) is 1. The summed E-state index contributed by atoms with van der Waals surface area (Å²) in [6.07, 6.45) is 3.15. The maximum atomic E-state index is 10.6. The second-order valence-electron chi connectivity index (χ2n) is 2.91. The van der Waals surface area contributed by atoms with E-state index in [1.807, 2.05) is 11.8 Å². The first-order valence-corrected chi connectivity index (χ1v) is 5.42. The topological polar surface area (TPSA) is 55.1 Å². The van der Waals surface area contributed by atoms with Gasteiger partial charge >= 0.3 is 0 Å². The van der Waals surface area contributed by atoms with Crippen LogP contribution in [0.4, 0.5) is 0 Å². The normalized spacial score (nSPS) is 15.6. The predicted molar refractivity (Wildman–Crippen MR) is 54.3 cm³/mol. The third-order valence-electron chi connectivity index (χ3n) is 1.83. The van der Waals surface area contributed by atoms with E-state index in [0.29, 0.717) is 5.25 Å². The van der Waals surface area contributed by atoms with Crippen LogP contribution in [0.1, 0.15) is 20.3 Å². The lowest BCUT2D eigenvalue weighted by Crippen LogP contribution is -2.39. The molecule has 0 spiro atoms. The largest absolute Gasteiger partial charge is 0.368 e.